The fourth-order valence-corrected chi connectivity index (χ4v) is 3.19. The number of hydrogen-bond donors (Lipinski definition) is 2. The normalized spacial score (nSPS) is 21.9. The van der Waals surface area contributed by atoms with Crippen molar-refractivity contribution in [3.05, 3.63) is 29.6 Å². The van der Waals surface area contributed by atoms with Gasteiger partial charge in [0.15, 0.2) is 0 Å². The second kappa shape index (κ2) is 7.04. The van der Waals surface area contributed by atoms with Crippen LogP contribution in [0.3, 0.4) is 0 Å². The smallest absolute Gasteiger partial charge is 0.131 e. The first-order valence-electron chi connectivity index (χ1n) is 7.52. The first-order valence-corrected chi connectivity index (χ1v) is 7.52. The summed E-state index contributed by atoms with van der Waals surface area (Å²) in [5.74, 6) is -0.320. The van der Waals surface area contributed by atoms with Crippen molar-refractivity contribution in [1.29, 1.82) is 0 Å². The van der Waals surface area contributed by atoms with Crippen molar-refractivity contribution in [2.45, 2.75) is 44.7 Å². The van der Waals surface area contributed by atoms with Gasteiger partial charge in [-0.1, -0.05) is 12.5 Å². The number of likely N-dealkylation sites (tertiary alicyclic amines) is 1. The Morgan fingerprint density at radius 1 is 1.45 bits per heavy atom. The second-order valence-corrected chi connectivity index (χ2v) is 5.66. The molecule has 0 bridgehead atoms. The lowest BCUT2D eigenvalue weighted by Gasteiger charge is -2.40. The van der Waals surface area contributed by atoms with Gasteiger partial charge in [-0.15, -0.1) is 0 Å². The predicted molar refractivity (Wildman–Crippen MR) is 79.4 cm³/mol. The van der Waals surface area contributed by atoms with Gasteiger partial charge in [-0.25, -0.2) is 4.39 Å². The number of benzene rings is 1. The Morgan fingerprint density at radius 2 is 2.25 bits per heavy atom. The lowest BCUT2D eigenvalue weighted by molar-refractivity contribution is 0.0953. The molecule has 1 heterocycles. The summed E-state index contributed by atoms with van der Waals surface area (Å²) in [7, 11) is 1.97. The number of nitrogens with one attached hydrogen (secondary N) is 1. The lowest BCUT2D eigenvalue weighted by atomic mass is 9.95. The summed E-state index contributed by atoms with van der Waals surface area (Å²) in [6.07, 6.45) is 4.72. The van der Waals surface area contributed by atoms with Crippen molar-refractivity contribution in [1.82, 2.24) is 10.2 Å². The molecule has 0 spiro atoms. The third-order valence-corrected chi connectivity index (χ3v) is 4.33. The summed E-state index contributed by atoms with van der Waals surface area (Å²) in [5, 5.41) is 12.5. The van der Waals surface area contributed by atoms with E-state index in [2.05, 4.69) is 17.1 Å². The average molecular weight is 280 g/mol. The van der Waals surface area contributed by atoms with Gasteiger partial charge in [0, 0.05) is 23.7 Å². The molecule has 0 aromatic heterocycles. The molecule has 112 valence electrons. The maximum atomic E-state index is 14.0. The van der Waals surface area contributed by atoms with Crippen molar-refractivity contribution in [3.8, 4) is 5.75 Å². The summed E-state index contributed by atoms with van der Waals surface area (Å²) >= 11 is 0. The Bertz CT molecular complexity index is 438. The van der Waals surface area contributed by atoms with E-state index < -0.39 is 0 Å². The summed E-state index contributed by atoms with van der Waals surface area (Å²) < 4.78 is 14.0. The highest BCUT2D eigenvalue weighted by Gasteiger charge is 2.28. The number of phenolic OH excluding ortho intramolecular Hbond substituents is 1. The molecule has 20 heavy (non-hydrogen) atoms. The number of rotatable bonds is 5. The van der Waals surface area contributed by atoms with Crippen LogP contribution in [0.4, 0.5) is 4.39 Å². The molecule has 4 heteroatoms. The van der Waals surface area contributed by atoms with Crippen LogP contribution in [0.5, 0.6) is 5.75 Å². The van der Waals surface area contributed by atoms with E-state index in [4.69, 9.17) is 0 Å². The predicted octanol–water partition coefficient (Wildman–Crippen LogP) is 3.06. The van der Waals surface area contributed by atoms with E-state index in [-0.39, 0.29) is 17.6 Å². The van der Waals surface area contributed by atoms with Gasteiger partial charge in [-0.05, 0) is 52.4 Å². The van der Waals surface area contributed by atoms with Crippen molar-refractivity contribution < 1.29 is 9.50 Å². The van der Waals surface area contributed by atoms with Crippen LogP contribution >= 0.6 is 0 Å². The maximum Gasteiger partial charge on any atom is 0.131 e. The maximum absolute atomic E-state index is 14.0. The van der Waals surface area contributed by atoms with Gasteiger partial charge in [0.05, 0.1) is 0 Å². The minimum atomic E-state index is -0.310. The van der Waals surface area contributed by atoms with E-state index in [9.17, 15) is 9.50 Å². The Kier molecular flexibility index (Phi) is 5.38. The second-order valence-electron chi connectivity index (χ2n) is 5.66. The molecule has 1 aromatic rings. The van der Waals surface area contributed by atoms with Crippen molar-refractivity contribution >= 4 is 0 Å². The van der Waals surface area contributed by atoms with Crippen LogP contribution in [0.15, 0.2) is 18.2 Å². The number of aromatic hydroxyl groups is 1. The van der Waals surface area contributed by atoms with Crippen LogP contribution < -0.4 is 5.32 Å². The molecule has 1 fully saturated rings. The molecule has 2 unspecified atom stereocenters. The summed E-state index contributed by atoms with van der Waals surface area (Å²) in [4.78, 5) is 2.41. The number of halogens is 1. The molecule has 0 amide bonds. The fourth-order valence-electron chi connectivity index (χ4n) is 3.19. The van der Waals surface area contributed by atoms with E-state index in [1.807, 2.05) is 7.05 Å². The monoisotopic (exact) mass is 280 g/mol. The van der Waals surface area contributed by atoms with E-state index in [1.165, 1.54) is 25.3 Å². The van der Waals surface area contributed by atoms with E-state index in [1.54, 1.807) is 12.1 Å². The molecule has 1 aliphatic rings. The van der Waals surface area contributed by atoms with Crippen molar-refractivity contribution in [2.24, 2.45) is 0 Å². The molecule has 2 rings (SSSR count). The van der Waals surface area contributed by atoms with Crippen LogP contribution in [0, 0.1) is 5.82 Å². The number of nitrogens with zero attached hydrogens (tertiary/aromatic N) is 1. The van der Waals surface area contributed by atoms with Crippen LogP contribution in [0.25, 0.3) is 0 Å². The van der Waals surface area contributed by atoms with Crippen LogP contribution in [0.2, 0.25) is 0 Å². The van der Waals surface area contributed by atoms with Crippen molar-refractivity contribution in [2.75, 3.05) is 20.1 Å². The molecule has 0 radical (unpaired) electrons. The first kappa shape index (κ1) is 15.3. The summed E-state index contributed by atoms with van der Waals surface area (Å²) in [6.45, 7) is 4.08. The third kappa shape index (κ3) is 3.49. The Balaban J connectivity index is 2.13. The number of piperidine rings is 1. The quantitative estimate of drug-likeness (QED) is 0.870. The zero-order valence-corrected chi connectivity index (χ0v) is 12.4. The number of hydrogen-bond acceptors (Lipinski definition) is 3. The summed E-state index contributed by atoms with van der Waals surface area (Å²) in [6, 6.07) is 5.05. The molecule has 2 N–H and O–H groups in total. The standard InChI is InChI=1S/C16H25FN2O/c1-12(15-7-6-14(20)11-16(15)17)19-10-4-3-5-13(19)8-9-18-2/h6-7,11-13,18,20H,3-5,8-10H2,1-2H3. The van der Waals surface area contributed by atoms with Gasteiger partial charge < -0.3 is 10.4 Å². The Hall–Kier alpha value is -1.13. The lowest BCUT2D eigenvalue weighted by Crippen LogP contribution is -2.42. The molecule has 0 aliphatic carbocycles. The van der Waals surface area contributed by atoms with Crippen molar-refractivity contribution in [3.63, 3.8) is 0 Å². The first-order chi connectivity index (χ1) is 9.63. The highest BCUT2D eigenvalue weighted by molar-refractivity contribution is 5.29. The van der Waals surface area contributed by atoms with Crippen LogP contribution in [-0.2, 0) is 0 Å². The summed E-state index contributed by atoms with van der Waals surface area (Å²) in [5.41, 5.74) is 0.680. The van der Waals surface area contributed by atoms with Gasteiger partial charge >= 0.3 is 0 Å². The minimum Gasteiger partial charge on any atom is -0.508 e. The van der Waals surface area contributed by atoms with Gasteiger partial charge in [0.1, 0.15) is 11.6 Å². The van der Waals surface area contributed by atoms with Crippen LogP contribution in [0.1, 0.15) is 44.2 Å². The highest BCUT2D eigenvalue weighted by atomic mass is 19.1. The highest BCUT2D eigenvalue weighted by Crippen LogP contribution is 2.31. The number of phenols is 1. The largest absolute Gasteiger partial charge is 0.508 e. The van der Waals surface area contributed by atoms with E-state index >= 15 is 0 Å². The average Bonchev–Trinajstić information content (AvgIpc) is 2.45. The Labute approximate surface area is 120 Å². The molecule has 3 nitrogen and oxygen atoms in total. The molecule has 1 aliphatic heterocycles. The molecular formula is C16H25FN2O. The zero-order chi connectivity index (χ0) is 14.5. The minimum absolute atomic E-state index is 0.0103. The molecule has 1 saturated heterocycles. The van der Waals surface area contributed by atoms with Crippen LogP contribution in [-0.4, -0.2) is 36.2 Å². The van der Waals surface area contributed by atoms with Gasteiger partial charge in [0.2, 0.25) is 0 Å². The molecular weight excluding hydrogens is 255 g/mol. The zero-order valence-electron chi connectivity index (χ0n) is 12.4. The molecule has 1 aromatic carbocycles. The SMILES string of the molecule is CNCCC1CCCCN1C(C)c1ccc(O)cc1F. The third-order valence-electron chi connectivity index (χ3n) is 4.33. The van der Waals surface area contributed by atoms with E-state index in [0.29, 0.717) is 11.6 Å². The molecule has 2 atom stereocenters. The molecule has 0 saturated carbocycles. The Morgan fingerprint density at radius 3 is 2.95 bits per heavy atom. The van der Waals surface area contributed by atoms with Gasteiger partial charge in [-0.2, -0.15) is 0 Å². The van der Waals surface area contributed by atoms with Gasteiger partial charge in [0.25, 0.3) is 0 Å². The fraction of sp³-hybridized carbons (Fsp3) is 0.625. The van der Waals surface area contributed by atoms with Gasteiger partial charge in [-0.3, -0.25) is 4.90 Å². The topological polar surface area (TPSA) is 35.5 Å². The van der Waals surface area contributed by atoms with E-state index in [0.717, 1.165) is 19.5 Å².